The molecule has 106 valence electrons. The summed E-state index contributed by atoms with van der Waals surface area (Å²) in [6.45, 7) is 0. The lowest BCUT2D eigenvalue weighted by Crippen LogP contribution is -2.38. The van der Waals surface area contributed by atoms with Crippen LogP contribution in [0.2, 0.25) is 0 Å². The first-order valence-electron chi connectivity index (χ1n) is 7.14. The third-order valence-electron chi connectivity index (χ3n) is 4.12. The zero-order chi connectivity index (χ0) is 14.7. The van der Waals surface area contributed by atoms with E-state index in [0.717, 1.165) is 11.3 Å². The second-order valence-electron chi connectivity index (χ2n) is 5.48. The molecule has 1 amide bonds. The van der Waals surface area contributed by atoms with Crippen molar-refractivity contribution < 1.29 is 9.59 Å². The Labute approximate surface area is 124 Å². The molecule has 1 unspecified atom stereocenters. The maximum Gasteiger partial charge on any atom is 0.235 e. The maximum absolute atomic E-state index is 12.8. The first-order valence-corrected chi connectivity index (χ1v) is 7.14. The molecule has 1 atom stereocenters. The molecule has 3 rings (SSSR count). The second-order valence-corrected chi connectivity index (χ2v) is 5.48. The number of benzene rings is 2. The van der Waals surface area contributed by atoms with Gasteiger partial charge < -0.3 is 5.32 Å². The van der Waals surface area contributed by atoms with Crippen LogP contribution in [0, 0.1) is 0 Å². The number of amides is 1. The lowest BCUT2D eigenvalue weighted by Gasteiger charge is -2.27. The van der Waals surface area contributed by atoms with Crippen LogP contribution in [0.4, 0.5) is 5.69 Å². The molecule has 0 radical (unpaired) electrons. The molecular formula is C18H17NO2. The summed E-state index contributed by atoms with van der Waals surface area (Å²) in [6, 6.07) is 19.0. The van der Waals surface area contributed by atoms with Gasteiger partial charge in [0.05, 0.1) is 5.41 Å². The third kappa shape index (κ3) is 2.59. The fraction of sp³-hybridized carbons (Fsp3) is 0.222. The summed E-state index contributed by atoms with van der Waals surface area (Å²) in [6.07, 6.45) is 1.33. The van der Waals surface area contributed by atoms with E-state index < -0.39 is 5.41 Å². The van der Waals surface area contributed by atoms with Crippen molar-refractivity contribution in [2.75, 3.05) is 5.32 Å². The number of ketones is 1. The molecule has 0 aromatic heterocycles. The number of carbonyl (C=O) groups excluding carboxylic acids is 2. The zero-order valence-corrected chi connectivity index (χ0v) is 11.7. The average Bonchev–Trinajstić information content (AvgIpc) is 2.93. The molecule has 1 fully saturated rings. The minimum atomic E-state index is -0.728. The molecule has 0 spiro atoms. The van der Waals surface area contributed by atoms with Crippen molar-refractivity contribution in [2.24, 2.45) is 0 Å². The first-order chi connectivity index (χ1) is 10.2. The predicted molar refractivity (Wildman–Crippen MR) is 82.0 cm³/mol. The highest BCUT2D eigenvalue weighted by Gasteiger charge is 2.46. The molecule has 2 aromatic carbocycles. The van der Waals surface area contributed by atoms with Crippen LogP contribution in [0.15, 0.2) is 60.7 Å². The minimum Gasteiger partial charge on any atom is -0.325 e. The Balaban J connectivity index is 1.93. The van der Waals surface area contributed by atoms with Gasteiger partial charge in [0.2, 0.25) is 5.91 Å². The molecule has 1 aliphatic rings. The van der Waals surface area contributed by atoms with Crippen LogP contribution in [0.5, 0.6) is 0 Å². The van der Waals surface area contributed by atoms with E-state index in [0.29, 0.717) is 12.8 Å². The average molecular weight is 279 g/mol. The molecule has 21 heavy (non-hydrogen) atoms. The van der Waals surface area contributed by atoms with Crippen LogP contribution >= 0.6 is 0 Å². The largest absolute Gasteiger partial charge is 0.325 e. The monoisotopic (exact) mass is 279 g/mol. The summed E-state index contributed by atoms with van der Waals surface area (Å²) in [7, 11) is 0. The normalized spacial score (nSPS) is 21.2. The van der Waals surface area contributed by atoms with Crippen LogP contribution in [-0.4, -0.2) is 11.7 Å². The van der Waals surface area contributed by atoms with Gasteiger partial charge in [0, 0.05) is 18.5 Å². The first kappa shape index (κ1) is 13.6. The Bertz CT molecular complexity index is 651. The van der Waals surface area contributed by atoms with E-state index in [1.54, 1.807) is 0 Å². The van der Waals surface area contributed by atoms with E-state index in [9.17, 15) is 9.59 Å². The quantitative estimate of drug-likeness (QED) is 0.936. The number of hydrogen-bond acceptors (Lipinski definition) is 2. The third-order valence-corrected chi connectivity index (χ3v) is 4.12. The zero-order valence-electron chi connectivity index (χ0n) is 11.7. The van der Waals surface area contributed by atoms with Gasteiger partial charge in [0.25, 0.3) is 0 Å². The molecule has 0 saturated heterocycles. The van der Waals surface area contributed by atoms with Crippen LogP contribution in [0.25, 0.3) is 0 Å². The van der Waals surface area contributed by atoms with Gasteiger partial charge in [-0.05, 0) is 24.1 Å². The van der Waals surface area contributed by atoms with Gasteiger partial charge in [0.15, 0.2) is 0 Å². The molecule has 0 bridgehead atoms. The van der Waals surface area contributed by atoms with Crippen molar-refractivity contribution in [3.63, 3.8) is 0 Å². The molecular weight excluding hydrogens is 262 g/mol. The number of Topliss-reactive ketones (excluding diaryl/α,β-unsaturated/α-hetero) is 1. The molecule has 3 nitrogen and oxygen atoms in total. The Kier molecular flexibility index (Phi) is 3.57. The van der Waals surface area contributed by atoms with Crippen molar-refractivity contribution in [3.05, 3.63) is 66.2 Å². The summed E-state index contributed by atoms with van der Waals surface area (Å²) in [4.78, 5) is 24.6. The standard InChI is InChI=1S/C18H17NO2/c20-16-11-12-18(13-16,14-7-3-1-4-8-14)17(21)19-15-9-5-2-6-10-15/h1-10H,11-13H2,(H,19,21). The van der Waals surface area contributed by atoms with E-state index >= 15 is 0 Å². The Hall–Kier alpha value is -2.42. The molecule has 1 saturated carbocycles. The Morgan fingerprint density at radius 2 is 1.57 bits per heavy atom. The number of carbonyl (C=O) groups is 2. The highest BCUT2D eigenvalue weighted by atomic mass is 16.2. The SMILES string of the molecule is O=C1CCC(C(=O)Nc2ccccc2)(c2ccccc2)C1. The molecule has 1 aliphatic carbocycles. The van der Waals surface area contributed by atoms with E-state index in [1.807, 2.05) is 60.7 Å². The fourth-order valence-electron chi connectivity index (χ4n) is 2.97. The van der Waals surface area contributed by atoms with Crippen LogP contribution in [0.1, 0.15) is 24.8 Å². The second kappa shape index (κ2) is 5.52. The number of para-hydroxylation sites is 1. The molecule has 1 N–H and O–H groups in total. The molecule has 0 aliphatic heterocycles. The molecule has 3 heteroatoms. The smallest absolute Gasteiger partial charge is 0.235 e. The number of rotatable bonds is 3. The highest BCUT2D eigenvalue weighted by Crippen LogP contribution is 2.40. The highest BCUT2D eigenvalue weighted by molar-refractivity contribution is 6.04. The number of hydrogen-bond donors (Lipinski definition) is 1. The van der Waals surface area contributed by atoms with Gasteiger partial charge in [-0.2, -0.15) is 0 Å². The number of nitrogens with one attached hydrogen (secondary N) is 1. The predicted octanol–water partition coefficient (Wildman–Crippen LogP) is 3.32. The maximum atomic E-state index is 12.8. The van der Waals surface area contributed by atoms with Crippen LogP contribution in [0.3, 0.4) is 0 Å². The Morgan fingerprint density at radius 3 is 2.14 bits per heavy atom. The number of anilines is 1. The summed E-state index contributed by atoms with van der Waals surface area (Å²) in [5.41, 5.74) is 0.954. The molecule has 2 aromatic rings. The lowest BCUT2D eigenvalue weighted by atomic mass is 9.78. The summed E-state index contributed by atoms with van der Waals surface area (Å²) in [5.74, 6) is 0.0628. The summed E-state index contributed by atoms with van der Waals surface area (Å²) in [5, 5.41) is 2.95. The summed E-state index contributed by atoms with van der Waals surface area (Å²) < 4.78 is 0. The molecule has 0 heterocycles. The van der Waals surface area contributed by atoms with Crippen molar-refractivity contribution in [1.82, 2.24) is 0 Å². The van der Waals surface area contributed by atoms with Crippen molar-refractivity contribution in [2.45, 2.75) is 24.7 Å². The van der Waals surface area contributed by atoms with Gasteiger partial charge in [-0.1, -0.05) is 48.5 Å². The van der Waals surface area contributed by atoms with E-state index in [1.165, 1.54) is 0 Å². The summed E-state index contributed by atoms with van der Waals surface area (Å²) >= 11 is 0. The van der Waals surface area contributed by atoms with Crippen molar-refractivity contribution in [1.29, 1.82) is 0 Å². The van der Waals surface area contributed by atoms with Crippen LogP contribution < -0.4 is 5.32 Å². The van der Waals surface area contributed by atoms with E-state index in [4.69, 9.17) is 0 Å². The van der Waals surface area contributed by atoms with Gasteiger partial charge in [-0.25, -0.2) is 0 Å². The topological polar surface area (TPSA) is 46.2 Å². The van der Waals surface area contributed by atoms with E-state index in [2.05, 4.69) is 5.32 Å². The fourth-order valence-corrected chi connectivity index (χ4v) is 2.97. The van der Waals surface area contributed by atoms with Crippen LogP contribution in [-0.2, 0) is 15.0 Å². The van der Waals surface area contributed by atoms with Crippen molar-refractivity contribution >= 4 is 17.4 Å². The van der Waals surface area contributed by atoms with Gasteiger partial charge in [-0.15, -0.1) is 0 Å². The lowest BCUT2D eigenvalue weighted by molar-refractivity contribution is -0.124. The minimum absolute atomic E-state index is 0.0919. The van der Waals surface area contributed by atoms with Gasteiger partial charge >= 0.3 is 0 Å². The van der Waals surface area contributed by atoms with Crippen molar-refractivity contribution in [3.8, 4) is 0 Å². The van der Waals surface area contributed by atoms with Gasteiger partial charge in [-0.3, -0.25) is 9.59 Å². The van der Waals surface area contributed by atoms with E-state index in [-0.39, 0.29) is 18.1 Å². The van der Waals surface area contributed by atoms with Gasteiger partial charge in [0.1, 0.15) is 5.78 Å². The Morgan fingerprint density at radius 1 is 0.952 bits per heavy atom.